The first kappa shape index (κ1) is 26.3. The molecule has 2 spiro atoms. The lowest BCUT2D eigenvalue weighted by Gasteiger charge is -2.74. The SMILES string of the molecule is COC12CCC3(C[C@@H]1COCc1cc4ccccc4s1)[C@H]1Cc4ccc(OCCO)c5c4C3(CCN1CC1CC1)[C@H]2O5. The Morgan fingerprint density at radius 1 is 1.12 bits per heavy atom. The van der Waals surface area contributed by atoms with Crippen molar-refractivity contribution < 1.29 is 24.1 Å². The van der Waals surface area contributed by atoms with Crippen LogP contribution in [-0.4, -0.2) is 67.8 Å². The highest BCUT2D eigenvalue weighted by atomic mass is 32.1. The molecule has 2 aromatic carbocycles. The zero-order valence-corrected chi connectivity index (χ0v) is 25.3. The Labute approximate surface area is 251 Å². The number of ether oxygens (including phenoxy) is 4. The fourth-order valence-electron chi connectivity index (χ4n) is 10.4. The standard InChI is InChI=1S/C35H41NO5S/c1-38-35-11-10-33(18-25(35)20-39-21-26-16-23-4-2-3-5-28(23)42-26)29-17-24-8-9-27(40-15-14-37)31-30(24)34(33,32(35)41-31)12-13-36(29)19-22-6-7-22/h2-5,8-9,16,22,25,29,32,37H,6-7,10-15,17-21H2,1H3/t25-,29-,32-,33?,34?,35?/m1/s1. The Morgan fingerprint density at radius 2 is 2.02 bits per heavy atom. The van der Waals surface area contributed by atoms with Gasteiger partial charge in [0.25, 0.3) is 0 Å². The van der Waals surface area contributed by atoms with Crippen LogP contribution in [0.2, 0.25) is 0 Å². The highest BCUT2D eigenvalue weighted by Crippen LogP contribution is 2.76. The van der Waals surface area contributed by atoms with Gasteiger partial charge in [0.2, 0.25) is 0 Å². The van der Waals surface area contributed by atoms with Crippen molar-refractivity contribution in [1.29, 1.82) is 0 Å². The highest BCUT2D eigenvalue weighted by Gasteiger charge is 2.80. The van der Waals surface area contributed by atoms with Gasteiger partial charge in [-0.05, 0) is 86.6 Å². The van der Waals surface area contributed by atoms with Crippen LogP contribution in [0.3, 0.4) is 0 Å². The predicted molar refractivity (Wildman–Crippen MR) is 163 cm³/mol. The van der Waals surface area contributed by atoms with Crippen LogP contribution >= 0.6 is 11.3 Å². The first-order chi connectivity index (χ1) is 20.6. The van der Waals surface area contributed by atoms with E-state index in [-0.39, 0.29) is 36.1 Å². The molecule has 1 saturated heterocycles. The van der Waals surface area contributed by atoms with Gasteiger partial charge in [-0.2, -0.15) is 0 Å². The van der Waals surface area contributed by atoms with Gasteiger partial charge in [0.1, 0.15) is 18.3 Å². The summed E-state index contributed by atoms with van der Waals surface area (Å²) in [6, 6.07) is 15.8. The van der Waals surface area contributed by atoms with E-state index in [2.05, 4.69) is 47.4 Å². The largest absolute Gasteiger partial charge is 0.487 e. The predicted octanol–water partition coefficient (Wildman–Crippen LogP) is 5.71. The molecule has 3 heterocycles. The molecule has 4 saturated carbocycles. The third kappa shape index (κ3) is 3.40. The maximum atomic E-state index is 9.55. The van der Waals surface area contributed by atoms with Gasteiger partial charge in [-0.1, -0.05) is 24.3 Å². The van der Waals surface area contributed by atoms with E-state index in [0.717, 1.165) is 49.6 Å². The van der Waals surface area contributed by atoms with Crippen LogP contribution in [0.1, 0.15) is 54.5 Å². The van der Waals surface area contributed by atoms with Crippen molar-refractivity contribution in [2.75, 3.05) is 40.0 Å². The average Bonchev–Trinajstić information content (AvgIpc) is 3.61. The normalized spacial score (nSPS) is 35.8. The minimum Gasteiger partial charge on any atom is -0.487 e. The van der Waals surface area contributed by atoms with E-state index in [4.69, 9.17) is 18.9 Å². The Balaban J connectivity index is 1.10. The van der Waals surface area contributed by atoms with Crippen molar-refractivity contribution in [2.24, 2.45) is 17.3 Å². The van der Waals surface area contributed by atoms with E-state index in [1.807, 2.05) is 18.4 Å². The van der Waals surface area contributed by atoms with E-state index in [1.54, 1.807) is 0 Å². The van der Waals surface area contributed by atoms with Gasteiger partial charge in [-0.3, -0.25) is 4.90 Å². The summed E-state index contributed by atoms with van der Waals surface area (Å²) in [5.41, 5.74) is 2.54. The lowest BCUT2D eigenvalue weighted by molar-refractivity contribution is -0.283. The first-order valence-corrected chi connectivity index (χ1v) is 16.8. The molecule has 5 fully saturated rings. The first-order valence-electron chi connectivity index (χ1n) is 16.0. The lowest BCUT2D eigenvalue weighted by atomic mass is 9.35. The number of piperidine rings is 1. The molecular formula is C35H41NO5S. The number of fused-ring (bicyclic) bond motifs is 3. The minimum atomic E-state index is -0.396. The number of hydrogen-bond donors (Lipinski definition) is 1. The maximum absolute atomic E-state index is 9.55. The second-order valence-corrected chi connectivity index (χ2v) is 15.0. The van der Waals surface area contributed by atoms with Crippen LogP contribution < -0.4 is 9.47 Å². The molecule has 3 aromatic rings. The second-order valence-electron chi connectivity index (χ2n) is 13.9. The molecule has 3 unspecified atom stereocenters. The summed E-state index contributed by atoms with van der Waals surface area (Å²) in [5.74, 6) is 2.86. The maximum Gasteiger partial charge on any atom is 0.165 e. The summed E-state index contributed by atoms with van der Waals surface area (Å²) in [4.78, 5) is 4.17. The fraction of sp³-hybridized carbons (Fsp3) is 0.600. The van der Waals surface area contributed by atoms with Gasteiger partial charge in [-0.25, -0.2) is 0 Å². The smallest absolute Gasteiger partial charge is 0.165 e. The molecule has 1 N–H and O–H groups in total. The fourth-order valence-corrected chi connectivity index (χ4v) is 11.4. The van der Waals surface area contributed by atoms with Gasteiger partial charge >= 0.3 is 0 Å². The van der Waals surface area contributed by atoms with Crippen LogP contribution in [0.25, 0.3) is 10.1 Å². The summed E-state index contributed by atoms with van der Waals surface area (Å²) in [7, 11) is 1.91. The Morgan fingerprint density at radius 3 is 2.86 bits per heavy atom. The molecule has 1 aromatic heterocycles. The molecule has 42 heavy (non-hydrogen) atoms. The molecule has 4 bridgehead atoms. The molecular weight excluding hydrogens is 546 g/mol. The van der Waals surface area contributed by atoms with Gasteiger partial charge in [-0.15, -0.1) is 11.3 Å². The Hall–Kier alpha value is -2.16. The zero-order valence-electron chi connectivity index (χ0n) is 24.5. The van der Waals surface area contributed by atoms with Crippen LogP contribution in [0, 0.1) is 17.3 Å². The van der Waals surface area contributed by atoms with E-state index in [1.165, 1.54) is 51.9 Å². The monoisotopic (exact) mass is 587 g/mol. The van der Waals surface area contributed by atoms with Crippen LogP contribution in [0.4, 0.5) is 0 Å². The topological polar surface area (TPSA) is 60.4 Å². The number of aliphatic hydroxyl groups excluding tert-OH is 1. The quantitative estimate of drug-likeness (QED) is 0.328. The molecule has 2 aliphatic heterocycles. The number of thiophene rings is 1. The van der Waals surface area contributed by atoms with Crippen LogP contribution in [0.5, 0.6) is 11.5 Å². The van der Waals surface area contributed by atoms with E-state index >= 15 is 0 Å². The number of hydrogen-bond acceptors (Lipinski definition) is 7. The highest BCUT2D eigenvalue weighted by molar-refractivity contribution is 7.19. The third-order valence-electron chi connectivity index (χ3n) is 12.2. The Kier molecular flexibility index (Phi) is 5.89. The van der Waals surface area contributed by atoms with E-state index in [0.29, 0.717) is 19.3 Å². The van der Waals surface area contributed by atoms with Gasteiger partial charge in [0, 0.05) is 51.6 Å². The van der Waals surface area contributed by atoms with Crippen molar-refractivity contribution in [1.82, 2.24) is 4.90 Å². The summed E-state index contributed by atoms with van der Waals surface area (Å²) in [6.07, 6.45) is 8.25. The van der Waals surface area contributed by atoms with Gasteiger partial charge in [0.15, 0.2) is 11.5 Å². The van der Waals surface area contributed by atoms with Crippen molar-refractivity contribution in [2.45, 2.75) is 74.7 Å². The molecule has 6 atom stereocenters. The molecule has 7 aliphatic rings. The van der Waals surface area contributed by atoms with Crippen molar-refractivity contribution in [3.63, 3.8) is 0 Å². The number of likely N-dealkylation sites (tertiary alicyclic amines) is 1. The number of nitrogens with zero attached hydrogens (tertiary/aromatic N) is 1. The molecule has 222 valence electrons. The van der Waals surface area contributed by atoms with Crippen LogP contribution in [-0.2, 0) is 27.9 Å². The molecule has 7 heteroatoms. The summed E-state index contributed by atoms with van der Waals surface area (Å²) < 4.78 is 27.9. The van der Waals surface area contributed by atoms with Gasteiger partial charge in [0.05, 0.1) is 19.8 Å². The summed E-state index contributed by atoms with van der Waals surface area (Å²) in [6.45, 7) is 3.98. The van der Waals surface area contributed by atoms with Crippen LogP contribution in [0.15, 0.2) is 42.5 Å². The van der Waals surface area contributed by atoms with Crippen molar-refractivity contribution >= 4 is 21.4 Å². The number of methoxy groups -OCH3 is 1. The number of aliphatic hydroxyl groups is 1. The van der Waals surface area contributed by atoms with Crippen molar-refractivity contribution in [3.8, 4) is 11.5 Å². The molecule has 0 amide bonds. The van der Waals surface area contributed by atoms with E-state index in [9.17, 15) is 5.11 Å². The number of benzene rings is 2. The minimum absolute atomic E-state index is 0.00550. The molecule has 6 nitrogen and oxygen atoms in total. The van der Waals surface area contributed by atoms with Gasteiger partial charge < -0.3 is 24.1 Å². The van der Waals surface area contributed by atoms with Crippen molar-refractivity contribution in [3.05, 3.63) is 58.5 Å². The Bertz CT molecular complexity index is 1500. The summed E-state index contributed by atoms with van der Waals surface area (Å²) >= 11 is 1.84. The molecule has 10 rings (SSSR count). The summed E-state index contributed by atoms with van der Waals surface area (Å²) in [5, 5.41) is 10.8. The second kappa shape index (κ2) is 9.42. The zero-order chi connectivity index (χ0) is 28.1. The average molecular weight is 588 g/mol. The number of rotatable bonds is 10. The van der Waals surface area contributed by atoms with E-state index < -0.39 is 5.60 Å². The molecule has 5 aliphatic carbocycles. The third-order valence-corrected chi connectivity index (χ3v) is 13.3. The lowest BCUT2D eigenvalue weighted by Crippen LogP contribution is -2.81. The molecule has 0 radical (unpaired) electrons.